The number of hydrogen-bond donors (Lipinski definition) is 1. The van der Waals surface area contributed by atoms with E-state index < -0.39 is 11.9 Å². The molecule has 0 unspecified atom stereocenters. The van der Waals surface area contributed by atoms with E-state index >= 15 is 0 Å². The SMILES string of the molecule is Cc1cc(C(=O)N2CCC[C@H](C(=O)O)C2)ccc1Br. The van der Waals surface area contributed by atoms with E-state index in [0.29, 0.717) is 25.1 Å². The number of nitrogens with zero attached hydrogens (tertiary/aromatic N) is 1. The van der Waals surface area contributed by atoms with E-state index in [0.717, 1.165) is 16.5 Å². The zero-order valence-electron chi connectivity index (χ0n) is 10.7. The van der Waals surface area contributed by atoms with Gasteiger partial charge in [-0.15, -0.1) is 0 Å². The van der Waals surface area contributed by atoms with E-state index in [-0.39, 0.29) is 5.91 Å². The average Bonchev–Trinajstić information content (AvgIpc) is 2.41. The van der Waals surface area contributed by atoms with Gasteiger partial charge in [0.05, 0.1) is 5.92 Å². The number of hydrogen-bond acceptors (Lipinski definition) is 2. The Morgan fingerprint density at radius 3 is 2.79 bits per heavy atom. The van der Waals surface area contributed by atoms with Crippen molar-refractivity contribution < 1.29 is 14.7 Å². The van der Waals surface area contributed by atoms with Gasteiger partial charge >= 0.3 is 5.97 Å². The van der Waals surface area contributed by atoms with Crippen molar-refractivity contribution >= 4 is 27.8 Å². The van der Waals surface area contributed by atoms with Crippen LogP contribution < -0.4 is 0 Å². The number of rotatable bonds is 2. The molecule has 1 aliphatic heterocycles. The monoisotopic (exact) mass is 325 g/mol. The first kappa shape index (κ1) is 14.1. The molecule has 19 heavy (non-hydrogen) atoms. The van der Waals surface area contributed by atoms with Crippen LogP contribution in [0.1, 0.15) is 28.8 Å². The minimum atomic E-state index is -0.815. The predicted molar refractivity (Wildman–Crippen MR) is 75.1 cm³/mol. The summed E-state index contributed by atoms with van der Waals surface area (Å²) in [5.41, 5.74) is 1.62. The van der Waals surface area contributed by atoms with Gasteiger partial charge < -0.3 is 10.0 Å². The quantitative estimate of drug-likeness (QED) is 0.909. The highest BCUT2D eigenvalue weighted by Gasteiger charge is 2.28. The molecule has 0 radical (unpaired) electrons. The maximum Gasteiger partial charge on any atom is 0.308 e. The van der Waals surface area contributed by atoms with Crippen LogP contribution in [-0.4, -0.2) is 35.0 Å². The topological polar surface area (TPSA) is 57.6 Å². The first-order chi connectivity index (χ1) is 8.99. The predicted octanol–water partition coefficient (Wildman–Crippen LogP) is 2.69. The zero-order chi connectivity index (χ0) is 14.0. The summed E-state index contributed by atoms with van der Waals surface area (Å²) in [4.78, 5) is 25.0. The molecule has 1 aromatic carbocycles. The number of carbonyl (C=O) groups is 2. The molecule has 1 fully saturated rings. The number of likely N-dealkylation sites (tertiary alicyclic amines) is 1. The molecule has 4 nitrogen and oxygen atoms in total. The summed E-state index contributed by atoms with van der Waals surface area (Å²) in [6.07, 6.45) is 1.40. The molecule has 0 aliphatic carbocycles. The maximum atomic E-state index is 12.3. The molecular formula is C14H16BrNO3. The summed E-state index contributed by atoms with van der Waals surface area (Å²) < 4.78 is 0.964. The number of amides is 1. The van der Waals surface area contributed by atoms with Gasteiger partial charge in [0.1, 0.15) is 0 Å². The number of carboxylic acids is 1. The Balaban J connectivity index is 2.14. The molecule has 1 amide bonds. The zero-order valence-corrected chi connectivity index (χ0v) is 12.3. The lowest BCUT2D eigenvalue weighted by molar-refractivity contribution is -0.143. The van der Waals surface area contributed by atoms with Crippen molar-refractivity contribution in [2.75, 3.05) is 13.1 Å². The fourth-order valence-corrected chi connectivity index (χ4v) is 2.57. The highest BCUT2D eigenvalue weighted by molar-refractivity contribution is 9.10. The normalized spacial score (nSPS) is 19.3. The molecule has 1 aromatic rings. The van der Waals surface area contributed by atoms with Crippen LogP contribution in [0.3, 0.4) is 0 Å². The lowest BCUT2D eigenvalue weighted by Crippen LogP contribution is -2.42. The third-order valence-corrected chi connectivity index (χ3v) is 4.35. The van der Waals surface area contributed by atoms with Gasteiger partial charge in [-0.2, -0.15) is 0 Å². The van der Waals surface area contributed by atoms with E-state index in [9.17, 15) is 9.59 Å². The minimum absolute atomic E-state index is 0.0819. The first-order valence-electron chi connectivity index (χ1n) is 6.27. The van der Waals surface area contributed by atoms with Crippen LogP contribution in [0, 0.1) is 12.8 Å². The number of carboxylic acid groups (broad SMARTS) is 1. The van der Waals surface area contributed by atoms with Crippen molar-refractivity contribution in [2.45, 2.75) is 19.8 Å². The summed E-state index contributed by atoms with van der Waals surface area (Å²) >= 11 is 3.40. The number of piperidine rings is 1. The standard InChI is InChI=1S/C14H16BrNO3/c1-9-7-10(4-5-12(9)15)13(17)16-6-2-3-11(8-16)14(18)19/h4-5,7,11H,2-3,6,8H2,1H3,(H,18,19)/t11-/m0/s1. The summed E-state index contributed by atoms with van der Waals surface area (Å²) in [6, 6.07) is 5.45. The summed E-state index contributed by atoms with van der Waals surface area (Å²) in [7, 11) is 0. The van der Waals surface area contributed by atoms with Gasteiger partial charge in [0.15, 0.2) is 0 Å². The maximum absolute atomic E-state index is 12.3. The van der Waals surface area contributed by atoms with Crippen LogP contribution in [0.25, 0.3) is 0 Å². The molecule has 1 saturated heterocycles. The molecule has 0 bridgehead atoms. The summed E-state index contributed by atoms with van der Waals surface area (Å²) in [5, 5.41) is 9.04. The molecule has 0 spiro atoms. The number of carbonyl (C=O) groups excluding carboxylic acids is 1. The summed E-state index contributed by atoms with van der Waals surface area (Å²) in [6.45, 7) is 2.87. The van der Waals surface area contributed by atoms with Gasteiger partial charge in [-0.05, 0) is 43.5 Å². The van der Waals surface area contributed by atoms with Crippen molar-refractivity contribution in [3.8, 4) is 0 Å². The Hall–Kier alpha value is -1.36. The molecule has 0 saturated carbocycles. The van der Waals surface area contributed by atoms with E-state index in [2.05, 4.69) is 15.9 Å². The molecule has 5 heteroatoms. The van der Waals surface area contributed by atoms with Gasteiger partial charge in [0.25, 0.3) is 5.91 Å². The molecule has 2 rings (SSSR count). The Kier molecular flexibility index (Phi) is 4.24. The highest BCUT2D eigenvalue weighted by atomic mass is 79.9. The lowest BCUT2D eigenvalue weighted by atomic mass is 9.97. The van der Waals surface area contributed by atoms with Crippen molar-refractivity contribution in [3.63, 3.8) is 0 Å². The number of aliphatic carboxylic acids is 1. The van der Waals surface area contributed by atoms with E-state index in [4.69, 9.17) is 5.11 Å². The van der Waals surface area contributed by atoms with Gasteiger partial charge in [0, 0.05) is 23.1 Å². The fourth-order valence-electron chi connectivity index (χ4n) is 2.32. The van der Waals surface area contributed by atoms with Crippen LogP contribution in [0.15, 0.2) is 22.7 Å². The number of benzene rings is 1. The second kappa shape index (κ2) is 5.74. The Morgan fingerprint density at radius 2 is 2.16 bits per heavy atom. The van der Waals surface area contributed by atoms with Crippen molar-refractivity contribution in [3.05, 3.63) is 33.8 Å². The molecule has 1 heterocycles. The minimum Gasteiger partial charge on any atom is -0.481 e. The molecule has 102 valence electrons. The van der Waals surface area contributed by atoms with Crippen molar-refractivity contribution in [1.29, 1.82) is 0 Å². The van der Waals surface area contributed by atoms with Gasteiger partial charge in [0.2, 0.25) is 0 Å². The van der Waals surface area contributed by atoms with E-state index in [1.54, 1.807) is 11.0 Å². The van der Waals surface area contributed by atoms with Crippen LogP contribution in [0.5, 0.6) is 0 Å². The van der Waals surface area contributed by atoms with Gasteiger partial charge in [-0.3, -0.25) is 9.59 Å². The molecule has 1 atom stereocenters. The molecule has 1 aliphatic rings. The van der Waals surface area contributed by atoms with Crippen molar-refractivity contribution in [2.24, 2.45) is 5.92 Å². The smallest absolute Gasteiger partial charge is 0.308 e. The fraction of sp³-hybridized carbons (Fsp3) is 0.429. The number of aryl methyl sites for hydroxylation is 1. The lowest BCUT2D eigenvalue weighted by Gasteiger charge is -2.30. The number of halogens is 1. The second-order valence-corrected chi connectivity index (χ2v) is 5.75. The third kappa shape index (κ3) is 3.15. The largest absolute Gasteiger partial charge is 0.481 e. The molecule has 1 N–H and O–H groups in total. The van der Waals surface area contributed by atoms with Gasteiger partial charge in [-0.1, -0.05) is 15.9 Å². The third-order valence-electron chi connectivity index (χ3n) is 3.46. The molecular weight excluding hydrogens is 310 g/mol. The second-order valence-electron chi connectivity index (χ2n) is 4.89. The van der Waals surface area contributed by atoms with Crippen LogP contribution in [0.4, 0.5) is 0 Å². The van der Waals surface area contributed by atoms with Crippen LogP contribution in [-0.2, 0) is 4.79 Å². The van der Waals surface area contributed by atoms with Crippen LogP contribution in [0.2, 0.25) is 0 Å². The van der Waals surface area contributed by atoms with E-state index in [1.807, 2.05) is 19.1 Å². The first-order valence-corrected chi connectivity index (χ1v) is 7.06. The Morgan fingerprint density at radius 1 is 1.42 bits per heavy atom. The summed E-state index contributed by atoms with van der Waals surface area (Å²) in [5.74, 6) is -1.33. The highest BCUT2D eigenvalue weighted by Crippen LogP contribution is 2.21. The van der Waals surface area contributed by atoms with Gasteiger partial charge in [-0.25, -0.2) is 0 Å². The Bertz CT molecular complexity index is 515. The average molecular weight is 326 g/mol. The molecule has 0 aromatic heterocycles. The van der Waals surface area contributed by atoms with E-state index in [1.165, 1.54) is 0 Å². The van der Waals surface area contributed by atoms with Crippen molar-refractivity contribution in [1.82, 2.24) is 4.90 Å². The van der Waals surface area contributed by atoms with Crippen LogP contribution >= 0.6 is 15.9 Å². The Labute approximate surface area is 120 Å².